The average molecular weight is 284 g/mol. The van der Waals surface area contributed by atoms with Crippen LogP contribution in [-0.2, 0) is 9.59 Å². The number of fused-ring (bicyclic) bond motifs is 1. The van der Waals surface area contributed by atoms with Crippen LogP contribution in [-0.4, -0.2) is 17.0 Å². The molecule has 2 N–H and O–H groups in total. The van der Waals surface area contributed by atoms with Crippen molar-refractivity contribution in [2.75, 3.05) is 5.32 Å². The van der Waals surface area contributed by atoms with Crippen LogP contribution in [0.4, 0.5) is 5.69 Å². The van der Waals surface area contributed by atoms with Crippen LogP contribution in [0.3, 0.4) is 0 Å². The van der Waals surface area contributed by atoms with Gasteiger partial charge in [0.1, 0.15) is 0 Å². The highest BCUT2D eigenvalue weighted by Crippen LogP contribution is 2.22. The zero-order valence-corrected chi connectivity index (χ0v) is 10.3. The SMILES string of the molecule is O=C(O)C(=O)Nc1csc2ccc(Cl)cc2c1=O. The van der Waals surface area contributed by atoms with Crippen molar-refractivity contribution in [2.45, 2.75) is 0 Å². The molecular weight excluding hydrogens is 278 g/mol. The van der Waals surface area contributed by atoms with Gasteiger partial charge in [0.05, 0.1) is 5.69 Å². The number of anilines is 1. The Labute approximate surface area is 110 Å². The Bertz CT molecular complexity index is 710. The number of rotatable bonds is 1. The third kappa shape index (κ3) is 2.34. The van der Waals surface area contributed by atoms with Gasteiger partial charge in [-0.3, -0.25) is 9.59 Å². The first-order valence-corrected chi connectivity index (χ1v) is 6.00. The summed E-state index contributed by atoms with van der Waals surface area (Å²) in [7, 11) is 0. The molecule has 0 radical (unpaired) electrons. The molecule has 5 nitrogen and oxygen atoms in total. The molecule has 1 heterocycles. The summed E-state index contributed by atoms with van der Waals surface area (Å²) in [5, 5.41) is 12.6. The number of carbonyl (C=O) groups is 2. The largest absolute Gasteiger partial charge is 0.474 e. The van der Waals surface area contributed by atoms with Crippen LogP contribution in [0.15, 0.2) is 28.4 Å². The van der Waals surface area contributed by atoms with Crippen LogP contribution in [0.5, 0.6) is 0 Å². The molecule has 2 aromatic rings. The molecule has 1 amide bonds. The second kappa shape index (κ2) is 4.75. The minimum Gasteiger partial charge on any atom is -0.474 e. The van der Waals surface area contributed by atoms with Crippen molar-refractivity contribution in [1.29, 1.82) is 0 Å². The fourth-order valence-corrected chi connectivity index (χ4v) is 2.37. The maximum absolute atomic E-state index is 12.0. The Morgan fingerprint density at radius 2 is 2.06 bits per heavy atom. The topological polar surface area (TPSA) is 83.5 Å². The van der Waals surface area contributed by atoms with Crippen molar-refractivity contribution in [3.05, 3.63) is 38.8 Å². The summed E-state index contributed by atoms with van der Waals surface area (Å²) in [6.07, 6.45) is 0. The van der Waals surface area contributed by atoms with Crippen LogP contribution < -0.4 is 10.7 Å². The molecule has 0 bridgehead atoms. The summed E-state index contributed by atoms with van der Waals surface area (Å²) in [5.41, 5.74) is -0.525. The molecule has 0 aliphatic carbocycles. The molecule has 92 valence electrons. The smallest absolute Gasteiger partial charge is 0.394 e. The Hall–Kier alpha value is -1.92. The number of hydrogen-bond donors (Lipinski definition) is 2. The Balaban J connectivity index is 2.54. The predicted octanol–water partition coefficient (Wildman–Crippen LogP) is 1.94. The summed E-state index contributed by atoms with van der Waals surface area (Å²) in [6.45, 7) is 0. The van der Waals surface area contributed by atoms with Crippen LogP contribution in [0.1, 0.15) is 0 Å². The molecule has 18 heavy (non-hydrogen) atoms. The molecule has 0 atom stereocenters. The Kier molecular flexibility index (Phi) is 3.31. The van der Waals surface area contributed by atoms with Crippen LogP contribution >= 0.6 is 22.9 Å². The van der Waals surface area contributed by atoms with Gasteiger partial charge in [-0.05, 0) is 18.2 Å². The van der Waals surface area contributed by atoms with Gasteiger partial charge < -0.3 is 10.4 Å². The van der Waals surface area contributed by atoms with E-state index in [-0.39, 0.29) is 5.69 Å². The molecule has 0 spiro atoms. The van der Waals surface area contributed by atoms with E-state index in [1.165, 1.54) is 22.8 Å². The van der Waals surface area contributed by atoms with E-state index in [9.17, 15) is 14.4 Å². The fraction of sp³-hybridized carbons (Fsp3) is 0. The lowest BCUT2D eigenvalue weighted by Gasteiger charge is -2.02. The van der Waals surface area contributed by atoms with Crippen molar-refractivity contribution < 1.29 is 14.7 Å². The van der Waals surface area contributed by atoms with Gasteiger partial charge in [0.2, 0.25) is 5.43 Å². The highest BCUT2D eigenvalue weighted by molar-refractivity contribution is 7.16. The van der Waals surface area contributed by atoms with Crippen molar-refractivity contribution >= 4 is 50.6 Å². The third-order valence-corrected chi connectivity index (χ3v) is 3.38. The minimum atomic E-state index is -1.65. The summed E-state index contributed by atoms with van der Waals surface area (Å²) in [6, 6.07) is 4.81. The molecule has 0 aliphatic rings. The lowest BCUT2D eigenvalue weighted by molar-refractivity contribution is -0.147. The Morgan fingerprint density at radius 3 is 2.72 bits per heavy atom. The first kappa shape index (κ1) is 12.5. The van der Waals surface area contributed by atoms with Crippen molar-refractivity contribution in [2.24, 2.45) is 0 Å². The van der Waals surface area contributed by atoms with E-state index in [2.05, 4.69) is 0 Å². The van der Waals surface area contributed by atoms with E-state index in [0.29, 0.717) is 15.1 Å². The molecule has 0 unspecified atom stereocenters. The predicted molar refractivity (Wildman–Crippen MR) is 69.4 cm³/mol. The quantitative estimate of drug-likeness (QED) is 0.784. The van der Waals surface area contributed by atoms with Crippen molar-refractivity contribution in [3.8, 4) is 0 Å². The number of carboxylic acids is 1. The number of carboxylic acid groups (broad SMARTS) is 1. The normalized spacial score (nSPS) is 10.3. The number of carbonyl (C=O) groups excluding carboxylic acids is 1. The number of nitrogens with one attached hydrogen (secondary N) is 1. The lowest BCUT2D eigenvalue weighted by atomic mass is 10.2. The molecule has 0 fully saturated rings. The van der Waals surface area contributed by atoms with Gasteiger partial charge in [-0.2, -0.15) is 0 Å². The van der Waals surface area contributed by atoms with Crippen molar-refractivity contribution in [1.82, 2.24) is 0 Å². The van der Waals surface area contributed by atoms with Crippen molar-refractivity contribution in [3.63, 3.8) is 0 Å². The highest BCUT2D eigenvalue weighted by Gasteiger charge is 2.14. The van der Waals surface area contributed by atoms with Gasteiger partial charge in [0.15, 0.2) is 0 Å². The average Bonchev–Trinajstić information content (AvgIpc) is 2.33. The number of hydrogen-bond acceptors (Lipinski definition) is 4. The van der Waals surface area contributed by atoms with Gasteiger partial charge in [-0.1, -0.05) is 11.6 Å². The van der Waals surface area contributed by atoms with Crippen LogP contribution in [0.2, 0.25) is 5.02 Å². The first-order chi connectivity index (χ1) is 8.49. The van der Waals surface area contributed by atoms with E-state index in [1.54, 1.807) is 12.1 Å². The van der Waals surface area contributed by atoms with E-state index in [4.69, 9.17) is 16.7 Å². The molecule has 7 heteroatoms. The van der Waals surface area contributed by atoms with Gasteiger partial charge in [0.25, 0.3) is 0 Å². The third-order valence-electron chi connectivity index (χ3n) is 2.18. The molecule has 0 saturated heterocycles. The second-order valence-corrected chi connectivity index (χ2v) is 4.73. The number of amides is 1. The highest BCUT2D eigenvalue weighted by atomic mass is 35.5. The van der Waals surface area contributed by atoms with Gasteiger partial charge in [0, 0.05) is 20.5 Å². The molecule has 1 aromatic carbocycles. The van der Waals surface area contributed by atoms with Gasteiger partial charge in [-0.15, -0.1) is 11.3 Å². The van der Waals surface area contributed by atoms with Gasteiger partial charge in [-0.25, -0.2) is 4.79 Å². The molecular formula is C11H6ClNO4S. The molecule has 0 aliphatic heterocycles. The molecule has 2 rings (SSSR count). The minimum absolute atomic E-state index is 0.0674. The summed E-state index contributed by atoms with van der Waals surface area (Å²) in [4.78, 5) is 33.4. The first-order valence-electron chi connectivity index (χ1n) is 4.74. The standard InChI is InChI=1S/C11H6ClNO4S/c12-5-1-2-8-6(3-5)9(14)7(4-18-8)13-10(15)11(16)17/h1-4H,(H,13,15)(H,16,17). The number of aliphatic carboxylic acids is 1. The molecule has 0 saturated carbocycles. The summed E-state index contributed by atoms with van der Waals surface area (Å²) >= 11 is 7.00. The summed E-state index contributed by atoms with van der Waals surface area (Å²) in [5.74, 6) is -2.90. The molecule has 1 aromatic heterocycles. The number of halogens is 1. The Morgan fingerprint density at radius 1 is 1.33 bits per heavy atom. The van der Waals surface area contributed by atoms with Gasteiger partial charge >= 0.3 is 11.9 Å². The zero-order valence-electron chi connectivity index (χ0n) is 8.77. The maximum atomic E-state index is 12.0. The summed E-state index contributed by atoms with van der Waals surface area (Å²) < 4.78 is 0.706. The second-order valence-electron chi connectivity index (χ2n) is 3.38. The van der Waals surface area contributed by atoms with Crippen LogP contribution in [0, 0.1) is 0 Å². The van der Waals surface area contributed by atoms with E-state index in [1.807, 2.05) is 5.32 Å². The van der Waals surface area contributed by atoms with E-state index >= 15 is 0 Å². The van der Waals surface area contributed by atoms with E-state index in [0.717, 1.165) is 0 Å². The zero-order chi connectivity index (χ0) is 13.3. The monoisotopic (exact) mass is 283 g/mol. The maximum Gasteiger partial charge on any atom is 0.394 e. The van der Waals surface area contributed by atoms with E-state index < -0.39 is 17.3 Å². The lowest BCUT2D eigenvalue weighted by Crippen LogP contribution is -2.25. The fourth-order valence-electron chi connectivity index (χ4n) is 1.37. The van der Waals surface area contributed by atoms with Crippen LogP contribution in [0.25, 0.3) is 10.1 Å². The number of benzene rings is 1.